The summed E-state index contributed by atoms with van der Waals surface area (Å²) >= 11 is 6.35. The number of benzene rings is 1. The highest BCUT2D eigenvalue weighted by molar-refractivity contribution is 6.31. The molecule has 1 aliphatic heterocycles. The number of aryl methyl sites for hydroxylation is 2. The molecule has 0 spiro atoms. The lowest BCUT2D eigenvalue weighted by molar-refractivity contribution is -0.138. The summed E-state index contributed by atoms with van der Waals surface area (Å²) in [7, 11) is 0. The Morgan fingerprint density at radius 1 is 1.25 bits per heavy atom. The van der Waals surface area contributed by atoms with Gasteiger partial charge in [0.2, 0.25) is 5.91 Å². The topological polar surface area (TPSA) is 128 Å². The molecule has 5 atom stereocenters. The average Bonchev–Trinajstić information content (AvgIpc) is 3.37. The number of aromatic nitrogens is 2. The highest BCUT2D eigenvalue weighted by Crippen LogP contribution is 2.45. The van der Waals surface area contributed by atoms with Gasteiger partial charge in [0.05, 0.1) is 17.7 Å². The highest BCUT2D eigenvalue weighted by Gasteiger charge is 2.48. The van der Waals surface area contributed by atoms with E-state index in [1.54, 1.807) is 39.0 Å². The number of nitriles is 1. The summed E-state index contributed by atoms with van der Waals surface area (Å²) in [5.74, 6) is -0.473. The first-order chi connectivity index (χ1) is 18.9. The van der Waals surface area contributed by atoms with Crippen molar-refractivity contribution in [3.8, 4) is 17.6 Å². The van der Waals surface area contributed by atoms with E-state index in [2.05, 4.69) is 28.5 Å². The van der Waals surface area contributed by atoms with Crippen LogP contribution in [0.5, 0.6) is 11.5 Å². The second kappa shape index (κ2) is 11.7. The molecule has 10 heteroatoms. The summed E-state index contributed by atoms with van der Waals surface area (Å²) in [5.41, 5.74) is 0.756. The van der Waals surface area contributed by atoms with Gasteiger partial charge in [-0.1, -0.05) is 30.7 Å². The minimum Gasteiger partial charge on any atom is -0.451 e. The second-order valence-corrected chi connectivity index (χ2v) is 11.4. The summed E-state index contributed by atoms with van der Waals surface area (Å²) in [6.07, 6.45) is 8.04. The van der Waals surface area contributed by atoms with Crippen molar-refractivity contribution >= 4 is 23.4 Å². The van der Waals surface area contributed by atoms with Crippen LogP contribution in [-0.2, 0) is 4.79 Å². The van der Waals surface area contributed by atoms with Crippen LogP contribution in [0.15, 0.2) is 52.3 Å². The molecule has 2 aromatic rings. The van der Waals surface area contributed by atoms with Gasteiger partial charge in [-0.05, 0) is 76.8 Å². The van der Waals surface area contributed by atoms with Crippen molar-refractivity contribution in [2.45, 2.75) is 72.0 Å². The molecule has 1 fully saturated rings. The smallest absolute Gasteiger partial charge is 0.307 e. The standard InChI is InChI=1S/C30H34ClN5O4/c1-17-13-21(8-10-24(17)40-25-14-19(3)34-35-28(25)38)27(37)33-20(4)29(39)36-23(18(2)16-32)9-11-26(36)30(5)12-6-7-22(31)15-30/h6-8,10,13-15,18,20,23,26H,9,11-12H2,1-5H3,(H,33,37)(H,35,38)/t18?,20-,23-,26+,30?/m1/s1. The van der Waals surface area contributed by atoms with Crippen molar-refractivity contribution in [2.24, 2.45) is 11.3 Å². The zero-order chi connectivity index (χ0) is 29.2. The van der Waals surface area contributed by atoms with Gasteiger partial charge in [0.25, 0.3) is 5.91 Å². The Bertz CT molecular complexity index is 1480. The normalized spacial score (nSPS) is 23.6. The van der Waals surface area contributed by atoms with Crippen molar-refractivity contribution in [1.29, 1.82) is 5.26 Å². The molecule has 1 aromatic heterocycles. The third-order valence-corrected chi connectivity index (χ3v) is 8.04. The fraction of sp³-hybridized carbons (Fsp3) is 0.433. The molecule has 0 radical (unpaired) electrons. The quantitative estimate of drug-likeness (QED) is 0.493. The molecule has 210 valence electrons. The lowest BCUT2D eigenvalue weighted by atomic mass is 9.75. The summed E-state index contributed by atoms with van der Waals surface area (Å²) in [6.45, 7) is 9.08. The minimum absolute atomic E-state index is 0.103. The van der Waals surface area contributed by atoms with Gasteiger partial charge in [0.1, 0.15) is 11.8 Å². The molecular formula is C30H34ClN5O4. The number of nitrogens with one attached hydrogen (secondary N) is 2. The maximum absolute atomic E-state index is 13.9. The minimum atomic E-state index is -0.821. The van der Waals surface area contributed by atoms with E-state index >= 15 is 0 Å². The maximum atomic E-state index is 13.9. The van der Waals surface area contributed by atoms with Gasteiger partial charge in [-0.25, -0.2) is 5.10 Å². The number of rotatable bonds is 7. The average molecular weight is 564 g/mol. The molecule has 1 aliphatic carbocycles. The van der Waals surface area contributed by atoms with Gasteiger partial charge in [-0.3, -0.25) is 14.4 Å². The van der Waals surface area contributed by atoms with Crippen LogP contribution < -0.4 is 15.6 Å². The molecule has 2 unspecified atom stereocenters. The molecule has 40 heavy (non-hydrogen) atoms. The molecule has 2 N–H and O–H groups in total. The number of ether oxygens (including phenoxy) is 1. The first-order valence-electron chi connectivity index (χ1n) is 13.4. The predicted octanol–water partition coefficient (Wildman–Crippen LogP) is 4.91. The number of nitrogens with zero attached hydrogens (tertiary/aromatic N) is 3. The molecule has 1 aromatic carbocycles. The van der Waals surface area contributed by atoms with Crippen molar-refractivity contribution in [2.75, 3.05) is 0 Å². The third kappa shape index (κ3) is 5.97. The van der Waals surface area contributed by atoms with Crippen LogP contribution in [0.2, 0.25) is 0 Å². The molecule has 0 bridgehead atoms. The largest absolute Gasteiger partial charge is 0.451 e. The molecule has 1 saturated heterocycles. The van der Waals surface area contributed by atoms with E-state index < -0.39 is 17.5 Å². The van der Waals surface area contributed by atoms with Crippen LogP contribution in [0.3, 0.4) is 0 Å². The zero-order valence-corrected chi connectivity index (χ0v) is 24.1. The Morgan fingerprint density at radius 2 is 2.00 bits per heavy atom. The van der Waals surface area contributed by atoms with Crippen molar-refractivity contribution in [3.05, 3.63) is 74.7 Å². The Morgan fingerprint density at radius 3 is 2.67 bits per heavy atom. The van der Waals surface area contributed by atoms with Crippen LogP contribution in [0, 0.1) is 36.5 Å². The SMILES string of the molecule is Cc1cc(Oc2ccc(C(=O)N[C@H](C)C(=O)N3[C@@H](C(C)C#N)CC[C@H]3C3(C)C=C(Cl)C=CC3)cc2C)c(=O)[nH]n1. The van der Waals surface area contributed by atoms with E-state index in [1.807, 2.05) is 30.1 Å². The Balaban J connectivity index is 1.51. The first kappa shape index (κ1) is 29.1. The second-order valence-electron chi connectivity index (χ2n) is 10.9. The van der Waals surface area contributed by atoms with E-state index in [0.717, 1.165) is 12.8 Å². The van der Waals surface area contributed by atoms with Gasteiger partial charge in [0.15, 0.2) is 5.75 Å². The first-order valence-corrected chi connectivity index (χ1v) is 13.7. The van der Waals surface area contributed by atoms with Crippen molar-refractivity contribution in [1.82, 2.24) is 20.4 Å². The number of hydrogen-bond donors (Lipinski definition) is 2. The van der Waals surface area contributed by atoms with Crippen LogP contribution in [-0.4, -0.2) is 45.0 Å². The molecule has 2 heterocycles. The molecule has 0 saturated carbocycles. The van der Waals surface area contributed by atoms with Gasteiger partial charge in [0, 0.05) is 34.2 Å². The fourth-order valence-corrected chi connectivity index (χ4v) is 5.94. The summed E-state index contributed by atoms with van der Waals surface area (Å²) < 4.78 is 5.75. The Labute approximate surface area is 238 Å². The predicted molar refractivity (Wildman–Crippen MR) is 152 cm³/mol. The van der Waals surface area contributed by atoms with Crippen LogP contribution >= 0.6 is 11.6 Å². The van der Waals surface area contributed by atoms with Crippen molar-refractivity contribution in [3.63, 3.8) is 0 Å². The lowest BCUT2D eigenvalue weighted by Gasteiger charge is -2.42. The lowest BCUT2D eigenvalue weighted by Crippen LogP contribution is -2.55. The number of aromatic amines is 1. The van der Waals surface area contributed by atoms with Crippen LogP contribution in [0.4, 0.5) is 0 Å². The van der Waals surface area contributed by atoms with Gasteiger partial charge < -0.3 is 15.0 Å². The van der Waals surface area contributed by atoms with Gasteiger partial charge in [-0.2, -0.15) is 10.4 Å². The number of hydrogen-bond acceptors (Lipinski definition) is 6. The van der Waals surface area contributed by atoms with E-state index in [9.17, 15) is 19.6 Å². The van der Waals surface area contributed by atoms with Gasteiger partial charge in [-0.15, -0.1) is 0 Å². The summed E-state index contributed by atoms with van der Waals surface area (Å²) in [5, 5.41) is 19.3. The van der Waals surface area contributed by atoms with Crippen LogP contribution in [0.1, 0.15) is 61.6 Å². The molecule has 4 rings (SSSR count). The van der Waals surface area contributed by atoms with E-state index in [-0.39, 0.29) is 35.1 Å². The summed E-state index contributed by atoms with van der Waals surface area (Å²) in [4.78, 5) is 40.9. The number of carbonyl (C=O) groups is 2. The molecule has 2 amide bonds. The van der Waals surface area contributed by atoms with Crippen molar-refractivity contribution < 1.29 is 14.3 Å². The Hall–Kier alpha value is -3.90. The third-order valence-electron chi connectivity index (χ3n) is 7.80. The van der Waals surface area contributed by atoms with E-state index in [1.165, 1.54) is 6.07 Å². The van der Waals surface area contributed by atoms with Gasteiger partial charge >= 0.3 is 5.56 Å². The Kier molecular flexibility index (Phi) is 8.50. The maximum Gasteiger partial charge on any atom is 0.307 e. The number of amides is 2. The number of likely N-dealkylation sites (tertiary alicyclic amines) is 1. The monoisotopic (exact) mass is 563 g/mol. The molecule has 2 aliphatic rings. The number of H-pyrrole nitrogens is 1. The fourth-order valence-electron chi connectivity index (χ4n) is 5.61. The number of halogens is 1. The number of allylic oxidation sites excluding steroid dienone is 3. The van der Waals surface area contributed by atoms with E-state index in [0.29, 0.717) is 34.0 Å². The van der Waals surface area contributed by atoms with E-state index in [4.69, 9.17) is 16.3 Å². The van der Waals surface area contributed by atoms with Crippen LogP contribution in [0.25, 0.3) is 0 Å². The highest BCUT2D eigenvalue weighted by atomic mass is 35.5. The molecule has 9 nitrogen and oxygen atoms in total. The zero-order valence-electron chi connectivity index (χ0n) is 23.3. The molecular weight excluding hydrogens is 530 g/mol. The number of carbonyl (C=O) groups excluding carboxylic acids is 2. The summed E-state index contributed by atoms with van der Waals surface area (Å²) in [6, 6.07) is 7.45.